The predicted octanol–water partition coefficient (Wildman–Crippen LogP) is 4.14. The van der Waals surface area contributed by atoms with Gasteiger partial charge in [-0.1, -0.05) is 31.4 Å². The van der Waals surface area contributed by atoms with Crippen LogP contribution in [-0.2, 0) is 4.79 Å². The second-order valence-corrected chi connectivity index (χ2v) is 9.70. The highest BCUT2D eigenvalue weighted by Crippen LogP contribution is 2.29. The van der Waals surface area contributed by atoms with Crippen molar-refractivity contribution in [1.29, 1.82) is 0 Å². The Labute approximate surface area is 201 Å². The number of urea groups is 1. The fourth-order valence-electron chi connectivity index (χ4n) is 5.55. The van der Waals surface area contributed by atoms with Crippen LogP contribution in [0.2, 0.25) is 0 Å². The summed E-state index contributed by atoms with van der Waals surface area (Å²) in [6.45, 7) is 4.70. The molecule has 1 aromatic heterocycles. The zero-order chi connectivity index (χ0) is 24.1. The molecule has 34 heavy (non-hydrogen) atoms. The van der Waals surface area contributed by atoms with Crippen LogP contribution in [-0.4, -0.2) is 57.4 Å². The molecule has 8 nitrogen and oxygen atoms in total. The molecule has 2 heterocycles. The van der Waals surface area contributed by atoms with Crippen LogP contribution in [0.3, 0.4) is 0 Å². The normalized spacial score (nSPS) is 19.7. The van der Waals surface area contributed by atoms with E-state index in [0.717, 1.165) is 61.0 Å². The van der Waals surface area contributed by atoms with Crippen LogP contribution in [0.15, 0.2) is 24.3 Å². The van der Waals surface area contributed by atoms with Crippen molar-refractivity contribution in [2.24, 2.45) is 5.92 Å². The Hall–Kier alpha value is -2.87. The monoisotopic (exact) mass is 467 g/mol. The van der Waals surface area contributed by atoms with E-state index in [1.165, 1.54) is 6.42 Å². The van der Waals surface area contributed by atoms with Crippen LogP contribution in [0.1, 0.15) is 62.8 Å². The molecule has 1 saturated heterocycles. The number of amides is 3. The summed E-state index contributed by atoms with van der Waals surface area (Å²) in [5.41, 5.74) is 4.78. The number of aliphatic hydroxyl groups is 1. The molecule has 8 heteroatoms. The Morgan fingerprint density at radius 1 is 1.12 bits per heavy atom. The molecule has 0 radical (unpaired) electrons. The molecule has 2 unspecified atom stereocenters. The molecule has 0 spiro atoms. The number of likely N-dealkylation sites (tertiary alicyclic amines) is 1. The number of aryl methyl sites for hydroxylation is 2. The molecular formula is C26H37N5O3. The Balaban J connectivity index is 1.46. The standard InChI is InChI=1S/C26H37N5O3/c1-17-23(18(2)30-29-17)19-10-12-21(13-11-19)27-25(33)24(20-7-4-3-5-8-20)28-26(34)31-15-6-9-22(31)14-16-32/h10-13,20,22,24,32H,3-9,14-16H2,1-2H3,(H,27,33)(H,28,34)(H,29,30). The summed E-state index contributed by atoms with van der Waals surface area (Å²) >= 11 is 0. The number of rotatable bonds is 7. The second kappa shape index (κ2) is 11.0. The van der Waals surface area contributed by atoms with Gasteiger partial charge in [0.2, 0.25) is 5.91 Å². The summed E-state index contributed by atoms with van der Waals surface area (Å²) in [5, 5.41) is 22.7. The quantitative estimate of drug-likeness (QED) is 0.490. The van der Waals surface area contributed by atoms with E-state index in [4.69, 9.17) is 0 Å². The minimum atomic E-state index is -0.568. The molecule has 184 valence electrons. The molecule has 1 aliphatic carbocycles. The first-order valence-electron chi connectivity index (χ1n) is 12.6. The molecule has 1 aliphatic heterocycles. The molecule has 2 atom stereocenters. The number of aromatic amines is 1. The molecule has 4 N–H and O–H groups in total. The molecule has 2 fully saturated rings. The van der Waals surface area contributed by atoms with Crippen molar-refractivity contribution in [3.8, 4) is 11.1 Å². The molecule has 2 aliphatic rings. The van der Waals surface area contributed by atoms with Crippen molar-refractivity contribution < 1.29 is 14.7 Å². The molecular weight excluding hydrogens is 430 g/mol. The molecule has 0 bridgehead atoms. The molecule has 1 aromatic carbocycles. The highest BCUT2D eigenvalue weighted by atomic mass is 16.3. The number of carbonyl (C=O) groups is 2. The minimum absolute atomic E-state index is 0.0439. The average molecular weight is 468 g/mol. The van der Waals surface area contributed by atoms with E-state index < -0.39 is 6.04 Å². The Kier molecular flexibility index (Phi) is 7.88. The van der Waals surface area contributed by atoms with Gasteiger partial charge in [-0.15, -0.1) is 0 Å². The van der Waals surface area contributed by atoms with E-state index in [9.17, 15) is 14.7 Å². The fraction of sp³-hybridized carbons (Fsp3) is 0.577. The summed E-state index contributed by atoms with van der Waals surface area (Å²) in [5.74, 6) is -0.0336. The summed E-state index contributed by atoms with van der Waals surface area (Å²) in [6, 6.07) is 7.05. The van der Waals surface area contributed by atoms with Crippen molar-refractivity contribution in [3.63, 3.8) is 0 Å². The summed E-state index contributed by atoms with van der Waals surface area (Å²) in [4.78, 5) is 28.3. The number of aromatic nitrogens is 2. The van der Waals surface area contributed by atoms with Crippen molar-refractivity contribution in [2.45, 2.75) is 77.3 Å². The van der Waals surface area contributed by atoms with Gasteiger partial charge in [-0.05, 0) is 69.6 Å². The molecule has 1 saturated carbocycles. The van der Waals surface area contributed by atoms with Gasteiger partial charge in [-0.3, -0.25) is 9.89 Å². The van der Waals surface area contributed by atoms with Gasteiger partial charge in [-0.2, -0.15) is 5.10 Å². The Bertz CT molecular complexity index is 961. The SMILES string of the molecule is Cc1n[nH]c(C)c1-c1ccc(NC(=O)C(NC(=O)N2CCCC2CCO)C2CCCCC2)cc1. The maximum absolute atomic E-state index is 13.4. The smallest absolute Gasteiger partial charge is 0.318 e. The van der Waals surface area contributed by atoms with Crippen LogP contribution in [0, 0.1) is 19.8 Å². The fourth-order valence-corrected chi connectivity index (χ4v) is 5.55. The maximum atomic E-state index is 13.4. The van der Waals surface area contributed by atoms with Crippen LogP contribution >= 0.6 is 0 Å². The van der Waals surface area contributed by atoms with Crippen LogP contribution in [0.25, 0.3) is 11.1 Å². The average Bonchev–Trinajstić information content (AvgIpc) is 3.44. The zero-order valence-corrected chi connectivity index (χ0v) is 20.3. The number of benzene rings is 1. The van der Waals surface area contributed by atoms with Gasteiger partial charge in [0.05, 0.1) is 5.69 Å². The first kappa shape index (κ1) is 24.3. The minimum Gasteiger partial charge on any atom is -0.396 e. The number of anilines is 1. The van der Waals surface area contributed by atoms with Gasteiger partial charge < -0.3 is 20.6 Å². The van der Waals surface area contributed by atoms with Gasteiger partial charge in [0.1, 0.15) is 6.04 Å². The predicted molar refractivity (Wildman–Crippen MR) is 132 cm³/mol. The van der Waals surface area contributed by atoms with Crippen molar-refractivity contribution >= 4 is 17.6 Å². The van der Waals surface area contributed by atoms with E-state index in [-0.39, 0.29) is 30.5 Å². The lowest BCUT2D eigenvalue weighted by atomic mass is 9.83. The molecule has 2 aromatic rings. The lowest BCUT2D eigenvalue weighted by Crippen LogP contribution is -2.54. The third kappa shape index (κ3) is 5.43. The largest absolute Gasteiger partial charge is 0.396 e. The first-order chi connectivity index (χ1) is 16.5. The van der Waals surface area contributed by atoms with Crippen molar-refractivity contribution in [1.82, 2.24) is 20.4 Å². The topological polar surface area (TPSA) is 110 Å². The van der Waals surface area contributed by atoms with E-state index in [0.29, 0.717) is 18.7 Å². The van der Waals surface area contributed by atoms with Crippen molar-refractivity contribution in [3.05, 3.63) is 35.7 Å². The van der Waals surface area contributed by atoms with Gasteiger partial charge in [-0.25, -0.2) is 4.79 Å². The lowest BCUT2D eigenvalue weighted by molar-refractivity contribution is -0.119. The van der Waals surface area contributed by atoms with Crippen LogP contribution in [0.5, 0.6) is 0 Å². The zero-order valence-electron chi connectivity index (χ0n) is 20.3. The highest BCUT2D eigenvalue weighted by Gasteiger charge is 2.35. The van der Waals surface area contributed by atoms with Crippen LogP contribution < -0.4 is 10.6 Å². The molecule has 3 amide bonds. The van der Waals surface area contributed by atoms with E-state index >= 15 is 0 Å². The molecule has 4 rings (SSSR count). The number of H-pyrrole nitrogens is 1. The summed E-state index contributed by atoms with van der Waals surface area (Å²) in [6.07, 6.45) is 7.63. The van der Waals surface area contributed by atoms with Gasteiger partial charge in [0.25, 0.3) is 0 Å². The lowest BCUT2D eigenvalue weighted by Gasteiger charge is -2.33. The summed E-state index contributed by atoms with van der Waals surface area (Å²) < 4.78 is 0. The third-order valence-corrected chi connectivity index (χ3v) is 7.35. The van der Waals surface area contributed by atoms with E-state index in [2.05, 4.69) is 20.8 Å². The van der Waals surface area contributed by atoms with Gasteiger partial charge in [0.15, 0.2) is 0 Å². The van der Waals surface area contributed by atoms with Gasteiger partial charge >= 0.3 is 6.03 Å². The number of hydrogen-bond acceptors (Lipinski definition) is 4. The third-order valence-electron chi connectivity index (χ3n) is 7.35. The number of nitrogens with one attached hydrogen (secondary N) is 3. The van der Waals surface area contributed by atoms with Gasteiger partial charge in [0, 0.05) is 36.1 Å². The Morgan fingerprint density at radius 3 is 2.50 bits per heavy atom. The summed E-state index contributed by atoms with van der Waals surface area (Å²) in [7, 11) is 0. The van der Waals surface area contributed by atoms with Crippen molar-refractivity contribution in [2.75, 3.05) is 18.5 Å². The maximum Gasteiger partial charge on any atom is 0.318 e. The van der Waals surface area contributed by atoms with E-state index in [1.54, 1.807) is 4.90 Å². The number of hydrogen-bond donors (Lipinski definition) is 4. The number of aliphatic hydroxyl groups excluding tert-OH is 1. The number of carbonyl (C=O) groups excluding carboxylic acids is 2. The first-order valence-corrected chi connectivity index (χ1v) is 12.6. The van der Waals surface area contributed by atoms with E-state index in [1.807, 2.05) is 38.1 Å². The Morgan fingerprint density at radius 2 is 1.85 bits per heavy atom. The second-order valence-electron chi connectivity index (χ2n) is 9.70. The highest BCUT2D eigenvalue weighted by molar-refractivity contribution is 5.97. The number of nitrogens with zero attached hydrogens (tertiary/aromatic N) is 2. The van der Waals surface area contributed by atoms with Crippen LogP contribution in [0.4, 0.5) is 10.5 Å².